The summed E-state index contributed by atoms with van der Waals surface area (Å²) >= 11 is 0. The monoisotopic (exact) mass is 375 g/mol. The summed E-state index contributed by atoms with van der Waals surface area (Å²) in [6.45, 7) is 3.81. The fraction of sp³-hybridized carbons (Fsp3) is 0.227. The molecule has 1 aromatic heterocycles. The normalized spacial score (nSPS) is 10.5. The van der Waals surface area contributed by atoms with Gasteiger partial charge in [-0.2, -0.15) is 5.26 Å². The molecule has 6 nitrogen and oxygen atoms in total. The van der Waals surface area contributed by atoms with Crippen molar-refractivity contribution in [1.29, 1.82) is 5.26 Å². The number of H-pyrrole nitrogens is 1. The molecule has 3 aromatic rings. The Hall–Kier alpha value is -3.59. The van der Waals surface area contributed by atoms with Gasteiger partial charge in [0.1, 0.15) is 5.69 Å². The average molecular weight is 375 g/mol. The number of nitriles is 1. The lowest BCUT2D eigenvalue weighted by Gasteiger charge is -2.21. The lowest BCUT2D eigenvalue weighted by molar-refractivity contribution is -0.121. The number of aromatic nitrogens is 1. The summed E-state index contributed by atoms with van der Waals surface area (Å²) in [5.41, 5.74) is 3.98. The number of benzene rings is 2. The lowest BCUT2D eigenvalue weighted by Crippen LogP contribution is -2.35. The highest BCUT2D eigenvalue weighted by molar-refractivity contribution is 5.99. The van der Waals surface area contributed by atoms with E-state index in [0.717, 1.165) is 22.0 Å². The molecular formula is C22H21N3O3. The van der Waals surface area contributed by atoms with Gasteiger partial charge in [0.2, 0.25) is 0 Å². The number of aromatic amines is 1. The van der Waals surface area contributed by atoms with E-state index in [4.69, 9.17) is 10.00 Å². The number of hydrogen-bond acceptors (Lipinski definition) is 4. The molecule has 0 spiro atoms. The highest BCUT2D eigenvalue weighted by atomic mass is 16.5. The number of para-hydroxylation sites is 1. The molecule has 1 N–H and O–H groups in total. The number of fused-ring (bicyclic) bond motifs is 1. The molecule has 3 rings (SSSR count). The fourth-order valence-electron chi connectivity index (χ4n) is 3.16. The van der Waals surface area contributed by atoms with Crippen LogP contribution >= 0.6 is 0 Å². The minimum atomic E-state index is -0.588. The van der Waals surface area contributed by atoms with Gasteiger partial charge in [0.15, 0.2) is 6.61 Å². The summed E-state index contributed by atoms with van der Waals surface area (Å²) in [4.78, 5) is 29.5. The maximum Gasteiger partial charge on any atom is 0.355 e. The second kappa shape index (κ2) is 8.40. The Balaban J connectivity index is 1.71. The lowest BCUT2D eigenvalue weighted by atomic mass is 10.1. The van der Waals surface area contributed by atoms with Crippen LogP contribution in [0.3, 0.4) is 0 Å². The van der Waals surface area contributed by atoms with Crippen LogP contribution in [-0.2, 0) is 9.53 Å². The Kier molecular flexibility index (Phi) is 5.75. The van der Waals surface area contributed by atoms with Crippen molar-refractivity contribution in [3.8, 4) is 6.07 Å². The van der Waals surface area contributed by atoms with Gasteiger partial charge >= 0.3 is 5.97 Å². The Morgan fingerprint density at radius 3 is 2.61 bits per heavy atom. The average Bonchev–Trinajstić information content (AvgIpc) is 3.11. The van der Waals surface area contributed by atoms with E-state index in [2.05, 4.69) is 4.98 Å². The number of nitrogens with one attached hydrogen (secondary N) is 1. The largest absolute Gasteiger partial charge is 0.451 e. The minimum Gasteiger partial charge on any atom is -0.451 e. The van der Waals surface area contributed by atoms with Gasteiger partial charge in [0.25, 0.3) is 5.91 Å². The van der Waals surface area contributed by atoms with Gasteiger partial charge in [-0.25, -0.2) is 4.79 Å². The molecule has 0 aliphatic rings. The first-order chi connectivity index (χ1) is 13.5. The van der Waals surface area contributed by atoms with Crippen LogP contribution in [0, 0.1) is 25.2 Å². The third-order valence-electron chi connectivity index (χ3n) is 4.45. The molecule has 142 valence electrons. The number of nitrogens with zero attached hydrogens (tertiary/aromatic N) is 2. The molecule has 0 unspecified atom stereocenters. The molecule has 0 aliphatic heterocycles. The van der Waals surface area contributed by atoms with Crippen LogP contribution < -0.4 is 4.90 Å². The van der Waals surface area contributed by atoms with E-state index in [-0.39, 0.29) is 18.9 Å². The second-order valence-corrected chi connectivity index (χ2v) is 6.59. The van der Waals surface area contributed by atoms with Crippen molar-refractivity contribution in [3.63, 3.8) is 0 Å². The maximum atomic E-state index is 12.6. The Morgan fingerprint density at radius 1 is 1.14 bits per heavy atom. The van der Waals surface area contributed by atoms with Gasteiger partial charge in [-0.1, -0.05) is 24.3 Å². The number of esters is 1. The molecule has 2 aromatic carbocycles. The van der Waals surface area contributed by atoms with Gasteiger partial charge < -0.3 is 14.6 Å². The summed E-state index contributed by atoms with van der Waals surface area (Å²) < 4.78 is 5.23. The predicted molar refractivity (Wildman–Crippen MR) is 107 cm³/mol. The Labute approximate surface area is 163 Å². The zero-order valence-corrected chi connectivity index (χ0v) is 15.9. The van der Waals surface area contributed by atoms with Crippen LogP contribution in [0.1, 0.15) is 28.0 Å². The molecule has 0 saturated carbocycles. The van der Waals surface area contributed by atoms with Crippen LogP contribution in [0.4, 0.5) is 5.69 Å². The molecular weight excluding hydrogens is 354 g/mol. The molecule has 0 atom stereocenters. The second-order valence-electron chi connectivity index (χ2n) is 6.59. The Morgan fingerprint density at radius 2 is 1.89 bits per heavy atom. The van der Waals surface area contributed by atoms with Gasteiger partial charge in [-0.3, -0.25) is 4.79 Å². The maximum absolute atomic E-state index is 12.6. The SMILES string of the molecule is Cc1cc(C)c2cc(C(=O)OCC(=O)N(CCC#N)c3ccccc3)[nH]c2c1. The number of carbonyl (C=O) groups excluding carboxylic acids is 2. The van der Waals surface area contributed by atoms with Gasteiger partial charge in [-0.15, -0.1) is 0 Å². The molecule has 1 heterocycles. The molecule has 1 amide bonds. The molecule has 0 bridgehead atoms. The summed E-state index contributed by atoms with van der Waals surface area (Å²) in [6.07, 6.45) is 0.190. The van der Waals surface area contributed by atoms with E-state index in [9.17, 15) is 9.59 Å². The van der Waals surface area contributed by atoms with Crippen molar-refractivity contribution in [1.82, 2.24) is 4.98 Å². The molecule has 6 heteroatoms. The van der Waals surface area contributed by atoms with E-state index >= 15 is 0 Å². The van der Waals surface area contributed by atoms with Crippen molar-refractivity contribution in [3.05, 3.63) is 65.4 Å². The van der Waals surface area contributed by atoms with Gasteiger partial charge in [0, 0.05) is 23.1 Å². The third-order valence-corrected chi connectivity index (χ3v) is 4.45. The van der Waals surface area contributed by atoms with Crippen molar-refractivity contribution >= 4 is 28.5 Å². The zero-order valence-electron chi connectivity index (χ0n) is 15.9. The smallest absolute Gasteiger partial charge is 0.355 e. The number of anilines is 1. The standard InChI is InChI=1S/C22H21N3O3/c1-15-11-16(2)18-13-20(24-19(18)12-15)22(27)28-14-21(26)25(10-6-9-23)17-7-4-3-5-8-17/h3-5,7-8,11-13,24H,6,10,14H2,1-2H3. The number of aryl methyl sites for hydroxylation is 2. The number of hydrogen-bond donors (Lipinski definition) is 1. The highest BCUT2D eigenvalue weighted by Gasteiger charge is 2.19. The van der Waals surface area contributed by atoms with E-state index < -0.39 is 12.6 Å². The van der Waals surface area contributed by atoms with E-state index in [0.29, 0.717) is 11.4 Å². The van der Waals surface area contributed by atoms with Crippen molar-refractivity contribution in [2.75, 3.05) is 18.1 Å². The van der Waals surface area contributed by atoms with Crippen molar-refractivity contribution < 1.29 is 14.3 Å². The summed E-state index contributed by atoms with van der Waals surface area (Å²) in [5.74, 6) is -0.965. The minimum absolute atomic E-state index is 0.190. The molecule has 0 saturated heterocycles. The van der Waals surface area contributed by atoms with Crippen LogP contribution in [0.5, 0.6) is 0 Å². The number of ether oxygens (including phenoxy) is 1. The van der Waals surface area contributed by atoms with Crippen LogP contribution in [0.25, 0.3) is 10.9 Å². The van der Waals surface area contributed by atoms with E-state index in [1.54, 1.807) is 18.2 Å². The first-order valence-corrected chi connectivity index (χ1v) is 8.99. The fourth-order valence-corrected chi connectivity index (χ4v) is 3.16. The summed E-state index contributed by atoms with van der Waals surface area (Å²) in [7, 11) is 0. The number of rotatable bonds is 6. The number of carbonyl (C=O) groups is 2. The van der Waals surface area contributed by atoms with Crippen molar-refractivity contribution in [2.24, 2.45) is 0 Å². The topological polar surface area (TPSA) is 86.2 Å². The number of amides is 1. The van der Waals surface area contributed by atoms with Crippen LogP contribution in [0.15, 0.2) is 48.5 Å². The summed E-state index contributed by atoms with van der Waals surface area (Å²) in [6, 6.07) is 16.8. The first kappa shape index (κ1) is 19.2. The van der Waals surface area contributed by atoms with E-state index in [1.807, 2.05) is 50.2 Å². The highest BCUT2D eigenvalue weighted by Crippen LogP contribution is 2.22. The predicted octanol–water partition coefficient (Wildman–Crippen LogP) is 3.89. The first-order valence-electron chi connectivity index (χ1n) is 8.99. The molecule has 0 radical (unpaired) electrons. The molecule has 0 fully saturated rings. The van der Waals surface area contributed by atoms with Gasteiger partial charge in [0.05, 0.1) is 12.5 Å². The third kappa shape index (κ3) is 4.21. The van der Waals surface area contributed by atoms with E-state index in [1.165, 1.54) is 4.90 Å². The molecule has 0 aliphatic carbocycles. The molecule has 28 heavy (non-hydrogen) atoms. The Bertz CT molecular complexity index is 1050. The van der Waals surface area contributed by atoms with Crippen LogP contribution in [-0.4, -0.2) is 30.0 Å². The van der Waals surface area contributed by atoms with Gasteiger partial charge in [-0.05, 0) is 49.2 Å². The quantitative estimate of drug-likeness (QED) is 0.662. The summed E-state index contributed by atoms with van der Waals surface area (Å²) in [5, 5.41) is 9.79. The van der Waals surface area contributed by atoms with Crippen molar-refractivity contribution in [2.45, 2.75) is 20.3 Å². The van der Waals surface area contributed by atoms with Crippen LogP contribution in [0.2, 0.25) is 0 Å². The zero-order chi connectivity index (χ0) is 20.1.